The fourth-order valence-corrected chi connectivity index (χ4v) is 3.34. The largest absolute Gasteiger partial charge is 0.303 e. The third kappa shape index (κ3) is 3.53. The molecular formula is C13H21N3OS. The van der Waals surface area contributed by atoms with Gasteiger partial charge in [0.25, 0.3) is 0 Å². The maximum Gasteiger partial charge on any atom is 0.223 e. The molecule has 1 N–H and O–H groups in total. The van der Waals surface area contributed by atoms with Crippen molar-refractivity contribution in [3.63, 3.8) is 0 Å². The molecule has 1 unspecified atom stereocenters. The smallest absolute Gasteiger partial charge is 0.223 e. The lowest BCUT2D eigenvalue weighted by atomic mass is 9.95. The van der Waals surface area contributed by atoms with Gasteiger partial charge in [0.1, 0.15) is 0 Å². The molecule has 1 aliphatic heterocycles. The SMILES string of the molecule is CCCN1CCCC(c2csc(NC(C)=O)n2)C1. The number of carbonyl (C=O) groups excluding carboxylic acids is 1. The Kier molecular flexibility index (Phi) is 4.72. The van der Waals surface area contributed by atoms with Crippen molar-refractivity contribution in [2.45, 2.75) is 39.0 Å². The van der Waals surface area contributed by atoms with E-state index in [4.69, 9.17) is 0 Å². The van der Waals surface area contributed by atoms with Crippen molar-refractivity contribution in [3.8, 4) is 0 Å². The van der Waals surface area contributed by atoms with Gasteiger partial charge in [0.15, 0.2) is 5.13 Å². The molecule has 18 heavy (non-hydrogen) atoms. The second-order valence-electron chi connectivity index (χ2n) is 4.90. The van der Waals surface area contributed by atoms with E-state index >= 15 is 0 Å². The first kappa shape index (κ1) is 13.5. The van der Waals surface area contributed by atoms with Gasteiger partial charge in [-0.1, -0.05) is 6.92 Å². The van der Waals surface area contributed by atoms with E-state index in [9.17, 15) is 4.79 Å². The van der Waals surface area contributed by atoms with Crippen LogP contribution in [0.25, 0.3) is 0 Å². The zero-order valence-electron chi connectivity index (χ0n) is 11.1. The summed E-state index contributed by atoms with van der Waals surface area (Å²) in [5.41, 5.74) is 1.14. The van der Waals surface area contributed by atoms with Gasteiger partial charge >= 0.3 is 0 Å². The fourth-order valence-electron chi connectivity index (χ4n) is 2.50. The number of nitrogens with one attached hydrogen (secondary N) is 1. The predicted octanol–water partition coefficient (Wildman–Crippen LogP) is 2.69. The van der Waals surface area contributed by atoms with Crippen LogP contribution in [0.15, 0.2) is 5.38 Å². The van der Waals surface area contributed by atoms with E-state index in [2.05, 4.69) is 27.5 Å². The number of hydrogen-bond donors (Lipinski definition) is 1. The van der Waals surface area contributed by atoms with Gasteiger partial charge in [-0.3, -0.25) is 4.79 Å². The molecule has 1 amide bonds. The Bertz CT molecular complexity index is 403. The topological polar surface area (TPSA) is 45.2 Å². The minimum atomic E-state index is -0.0489. The summed E-state index contributed by atoms with van der Waals surface area (Å²) in [5, 5.41) is 5.57. The molecule has 1 saturated heterocycles. The highest BCUT2D eigenvalue weighted by Gasteiger charge is 2.22. The van der Waals surface area contributed by atoms with Gasteiger partial charge in [-0.25, -0.2) is 4.98 Å². The van der Waals surface area contributed by atoms with Crippen molar-refractivity contribution in [1.29, 1.82) is 0 Å². The minimum absolute atomic E-state index is 0.0489. The third-order valence-electron chi connectivity index (χ3n) is 3.27. The zero-order valence-corrected chi connectivity index (χ0v) is 11.9. The number of rotatable bonds is 4. The molecule has 2 heterocycles. The minimum Gasteiger partial charge on any atom is -0.303 e. The molecule has 1 fully saturated rings. The van der Waals surface area contributed by atoms with Crippen LogP contribution in [0.4, 0.5) is 5.13 Å². The summed E-state index contributed by atoms with van der Waals surface area (Å²) in [7, 11) is 0. The number of piperidine rings is 1. The fraction of sp³-hybridized carbons (Fsp3) is 0.692. The molecule has 0 spiro atoms. The highest BCUT2D eigenvalue weighted by atomic mass is 32.1. The molecule has 4 nitrogen and oxygen atoms in total. The lowest BCUT2D eigenvalue weighted by Gasteiger charge is -2.31. The number of hydrogen-bond acceptors (Lipinski definition) is 4. The van der Waals surface area contributed by atoms with Crippen molar-refractivity contribution >= 4 is 22.4 Å². The average Bonchev–Trinajstić information content (AvgIpc) is 2.77. The van der Waals surface area contributed by atoms with Crippen molar-refractivity contribution < 1.29 is 4.79 Å². The molecule has 0 radical (unpaired) electrons. The number of likely N-dealkylation sites (tertiary alicyclic amines) is 1. The van der Waals surface area contributed by atoms with Crippen LogP contribution >= 0.6 is 11.3 Å². The van der Waals surface area contributed by atoms with Gasteiger partial charge in [0.2, 0.25) is 5.91 Å². The highest BCUT2D eigenvalue weighted by Crippen LogP contribution is 2.29. The van der Waals surface area contributed by atoms with Crippen LogP contribution in [0.2, 0.25) is 0 Å². The Morgan fingerprint density at radius 1 is 1.67 bits per heavy atom. The molecule has 5 heteroatoms. The summed E-state index contributed by atoms with van der Waals surface area (Å²) in [6, 6.07) is 0. The Labute approximate surface area is 112 Å². The number of anilines is 1. The summed E-state index contributed by atoms with van der Waals surface area (Å²) in [6.45, 7) is 7.25. The number of thiazole rings is 1. The summed E-state index contributed by atoms with van der Waals surface area (Å²) in [4.78, 5) is 18.0. The van der Waals surface area contributed by atoms with Crippen molar-refractivity contribution in [1.82, 2.24) is 9.88 Å². The highest BCUT2D eigenvalue weighted by molar-refractivity contribution is 7.13. The average molecular weight is 267 g/mol. The van der Waals surface area contributed by atoms with E-state index in [-0.39, 0.29) is 5.91 Å². The quantitative estimate of drug-likeness (QED) is 0.912. The number of aromatic nitrogens is 1. The number of nitrogens with zero attached hydrogens (tertiary/aromatic N) is 2. The van der Waals surface area contributed by atoms with E-state index in [0.29, 0.717) is 5.92 Å². The lowest BCUT2D eigenvalue weighted by Crippen LogP contribution is -2.34. The van der Waals surface area contributed by atoms with Crippen LogP contribution in [0.1, 0.15) is 44.7 Å². The normalized spacial score (nSPS) is 20.9. The lowest BCUT2D eigenvalue weighted by molar-refractivity contribution is -0.114. The van der Waals surface area contributed by atoms with Gasteiger partial charge in [-0.15, -0.1) is 11.3 Å². The van der Waals surface area contributed by atoms with E-state index in [0.717, 1.165) is 17.4 Å². The van der Waals surface area contributed by atoms with Gasteiger partial charge in [0.05, 0.1) is 5.69 Å². The molecule has 0 saturated carbocycles. The van der Waals surface area contributed by atoms with Gasteiger partial charge in [-0.05, 0) is 32.4 Å². The van der Waals surface area contributed by atoms with E-state index in [1.807, 2.05) is 0 Å². The first-order valence-electron chi connectivity index (χ1n) is 6.64. The van der Waals surface area contributed by atoms with Crippen LogP contribution in [0, 0.1) is 0 Å². The first-order chi connectivity index (χ1) is 8.69. The summed E-state index contributed by atoms with van der Waals surface area (Å²) in [5.74, 6) is 0.483. The first-order valence-corrected chi connectivity index (χ1v) is 7.52. The molecule has 1 aromatic rings. The van der Waals surface area contributed by atoms with E-state index in [1.54, 1.807) is 0 Å². The molecule has 1 aliphatic rings. The van der Waals surface area contributed by atoms with Gasteiger partial charge in [0, 0.05) is 24.8 Å². The zero-order chi connectivity index (χ0) is 13.0. The Morgan fingerprint density at radius 2 is 2.50 bits per heavy atom. The summed E-state index contributed by atoms with van der Waals surface area (Å²) >= 11 is 1.52. The van der Waals surface area contributed by atoms with Gasteiger partial charge < -0.3 is 10.2 Å². The molecule has 100 valence electrons. The maximum absolute atomic E-state index is 11.0. The van der Waals surface area contributed by atoms with Crippen molar-refractivity contribution in [3.05, 3.63) is 11.1 Å². The molecule has 0 bridgehead atoms. The Balaban J connectivity index is 1.97. The molecule has 1 aromatic heterocycles. The van der Waals surface area contributed by atoms with Crippen LogP contribution in [0.5, 0.6) is 0 Å². The summed E-state index contributed by atoms with van der Waals surface area (Å²) in [6.07, 6.45) is 3.67. The standard InChI is InChI=1S/C13H21N3OS/c1-3-6-16-7-4-5-11(8-16)12-9-18-13(15-12)14-10(2)17/h9,11H,3-8H2,1-2H3,(H,14,15,17). The van der Waals surface area contributed by atoms with Crippen LogP contribution in [-0.2, 0) is 4.79 Å². The number of carbonyl (C=O) groups is 1. The second-order valence-corrected chi connectivity index (χ2v) is 5.76. The Morgan fingerprint density at radius 3 is 3.22 bits per heavy atom. The number of amides is 1. The third-order valence-corrected chi connectivity index (χ3v) is 4.04. The van der Waals surface area contributed by atoms with Crippen LogP contribution < -0.4 is 5.32 Å². The van der Waals surface area contributed by atoms with Crippen LogP contribution in [0.3, 0.4) is 0 Å². The van der Waals surface area contributed by atoms with Gasteiger partial charge in [-0.2, -0.15) is 0 Å². The summed E-state index contributed by atoms with van der Waals surface area (Å²) < 4.78 is 0. The van der Waals surface area contributed by atoms with E-state index < -0.39 is 0 Å². The second kappa shape index (κ2) is 6.29. The van der Waals surface area contributed by atoms with E-state index in [1.165, 1.54) is 50.6 Å². The van der Waals surface area contributed by atoms with Crippen LogP contribution in [-0.4, -0.2) is 35.4 Å². The molecule has 2 rings (SSSR count). The van der Waals surface area contributed by atoms with Crippen molar-refractivity contribution in [2.75, 3.05) is 25.0 Å². The molecular weight excluding hydrogens is 246 g/mol. The Hall–Kier alpha value is -0.940. The predicted molar refractivity (Wildman–Crippen MR) is 75.1 cm³/mol. The van der Waals surface area contributed by atoms with Crippen molar-refractivity contribution in [2.24, 2.45) is 0 Å². The maximum atomic E-state index is 11.0. The monoisotopic (exact) mass is 267 g/mol. The molecule has 1 atom stereocenters. The molecule has 0 aromatic carbocycles. The molecule has 0 aliphatic carbocycles.